The van der Waals surface area contributed by atoms with Gasteiger partial charge in [0.05, 0.1) is 10.7 Å². The number of nitrogens with zero attached hydrogens (tertiary/aromatic N) is 3. The zero-order valence-electron chi connectivity index (χ0n) is 18.4. The summed E-state index contributed by atoms with van der Waals surface area (Å²) >= 11 is 1.03. The Morgan fingerprint density at radius 2 is 1.80 bits per heavy atom. The smallest absolute Gasteiger partial charge is 0.277 e. The Morgan fingerprint density at radius 1 is 1.00 bits per heavy atom. The quantitative estimate of drug-likeness (QED) is 0.202. The van der Waals surface area contributed by atoms with E-state index >= 15 is 0 Å². The number of nitrogens with one attached hydrogen (secondary N) is 2. The van der Waals surface area contributed by atoms with Crippen molar-refractivity contribution in [3.8, 4) is 11.5 Å². The molecule has 176 valence electrons. The van der Waals surface area contributed by atoms with Crippen molar-refractivity contribution in [2.24, 2.45) is 0 Å². The topological polar surface area (TPSA) is 140 Å². The highest BCUT2D eigenvalue weighted by Crippen LogP contribution is 2.26. The number of aryl methyl sites for hydroxylation is 1. The van der Waals surface area contributed by atoms with Crippen molar-refractivity contribution < 1.29 is 18.9 Å². The molecule has 2 amide bonds. The lowest BCUT2D eigenvalue weighted by molar-refractivity contribution is -0.384. The van der Waals surface area contributed by atoms with Crippen LogP contribution in [0.3, 0.4) is 0 Å². The molecule has 0 atom stereocenters. The highest BCUT2D eigenvalue weighted by molar-refractivity contribution is 7.99. The number of carbonyl (C=O) groups is 2. The maximum atomic E-state index is 12.5. The summed E-state index contributed by atoms with van der Waals surface area (Å²) in [5.41, 5.74) is 2.80. The molecule has 0 unspecified atom stereocenters. The number of nitro groups is 1. The maximum Gasteiger partial charge on any atom is 0.277 e. The predicted molar refractivity (Wildman–Crippen MR) is 131 cm³/mol. The molecule has 4 aromatic rings. The number of thioether (sulfide) groups is 1. The van der Waals surface area contributed by atoms with Crippen LogP contribution in [0.25, 0.3) is 11.5 Å². The molecule has 1 heterocycles. The van der Waals surface area contributed by atoms with Gasteiger partial charge in [-0.15, -0.1) is 10.2 Å². The lowest BCUT2D eigenvalue weighted by atomic mass is 10.1. The Hall–Kier alpha value is -4.51. The first-order valence-corrected chi connectivity index (χ1v) is 11.4. The van der Waals surface area contributed by atoms with Crippen LogP contribution in [0.5, 0.6) is 0 Å². The molecule has 0 aliphatic carbocycles. The SMILES string of the molecule is Cc1ccc(NC(=O)CSc2nnc(-c3cccc([N+](=O)[O-])c3)o2)cc1NC(=O)c1ccccc1. The first-order valence-electron chi connectivity index (χ1n) is 10.4. The van der Waals surface area contributed by atoms with Gasteiger partial charge in [-0.05, 0) is 42.8 Å². The zero-order chi connectivity index (χ0) is 24.8. The van der Waals surface area contributed by atoms with Gasteiger partial charge in [-0.25, -0.2) is 0 Å². The summed E-state index contributed by atoms with van der Waals surface area (Å²) in [6.45, 7) is 1.86. The second kappa shape index (κ2) is 10.6. The van der Waals surface area contributed by atoms with Gasteiger partial charge < -0.3 is 15.1 Å². The molecule has 3 aromatic carbocycles. The number of non-ortho nitro benzene ring substituents is 1. The highest BCUT2D eigenvalue weighted by Gasteiger charge is 2.15. The van der Waals surface area contributed by atoms with E-state index in [-0.39, 0.29) is 34.4 Å². The Labute approximate surface area is 203 Å². The third kappa shape index (κ3) is 6.09. The Morgan fingerprint density at radius 3 is 2.57 bits per heavy atom. The molecule has 0 fully saturated rings. The van der Waals surface area contributed by atoms with Crippen LogP contribution in [-0.4, -0.2) is 32.7 Å². The first kappa shape index (κ1) is 23.6. The van der Waals surface area contributed by atoms with Crippen molar-refractivity contribution in [3.05, 3.63) is 94.0 Å². The summed E-state index contributed by atoms with van der Waals surface area (Å²) in [7, 11) is 0. The summed E-state index contributed by atoms with van der Waals surface area (Å²) < 4.78 is 5.52. The van der Waals surface area contributed by atoms with Crippen molar-refractivity contribution >= 4 is 40.6 Å². The fourth-order valence-corrected chi connectivity index (χ4v) is 3.64. The number of hydrogen-bond acceptors (Lipinski definition) is 8. The van der Waals surface area contributed by atoms with Crippen molar-refractivity contribution in [2.75, 3.05) is 16.4 Å². The number of rotatable bonds is 8. The number of hydrogen-bond donors (Lipinski definition) is 2. The minimum absolute atomic E-state index is 0.00381. The average Bonchev–Trinajstić information content (AvgIpc) is 3.34. The van der Waals surface area contributed by atoms with Gasteiger partial charge in [0, 0.05) is 34.6 Å². The van der Waals surface area contributed by atoms with E-state index in [1.54, 1.807) is 48.5 Å². The average molecular weight is 490 g/mol. The van der Waals surface area contributed by atoms with E-state index in [9.17, 15) is 19.7 Å². The second-order valence-electron chi connectivity index (χ2n) is 7.37. The largest absolute Gasteiger partial charge is 0.411 e. The number of anilines is 2. The Kier molecular flexibility index (Phi) is 7.17. The summed E-state index contributed by atoms with van der Waals surface area (Å²) in [5.74, 6) is -0.442. The van der Waals surface area contributed by atoms with Gasteiger partial charge in [-0.3, -0.25) is 19.7 Å². The Balaban J connectivity index is 1.35. The van der Waals surface area contributed by atoms with Crippen LogP contribution >= 0.6 is 11.8 Å². The molecule has 0 spiro atoms. The molecule has 2 N–H and O–H groups in total. The molecule has 0 radical (unpaired) electrons. The Bertz CT molecular complexity index is 1390. The van der Waals surface area contributed by atoms with Crippen LogP contribution in [0.15, 0.2) is 82.4 Å². The van der Waals surface area contributed by atoms with Crippen molar-refractivity contribution in [2.45, 2.75) is 12.1 Å². The van der Waals surface area contributed by atoms with Crippen LogP contribution in [0.4, 0.5) is 17.1 Å². The van der Waals surface area contributed by atoms with E-state index in [0.29, 0.717) is 22.5 Å². The van der Waals surface area contributed by atoms with Gasteiger partial charge in [-0.1, -0.05) is 42.1 Å². The van der Waals surface area contributed by atoms with Crippen LogP contribution in [0, 0.1) is 17.0 Å². The number of aromatic nitrogens is 2. The molecule has 10 nitrogen and oxygen atoms in total. The third-order valence-corrected chi connectivity index (χ3v) is 5.66. The highest BCUT2D eigenvalue weighted by atomic mass is 32.2. The van der Waals surface area contributed by atoms with E-state index in [2.05, 4.69) is 20.8 Å². The van der Waals surface area contributed by atoms with E-state index < -0.39 is 4.92 Å². The fraction of sp³-hybridized carbons (Fsp3) is 0.0833. The van der Waals surface area contributed by atoms with Gasteiger partial charge >= 0.3 is 0 Å². The number of amides is 2. The molecule has 1 aromatic heterocycles. The van der Waals surface area contributed by atoms with Crippen molar-refractivity contribution in [1.82, 2.24) is 10.2 Å². The molecule has 0 aliphatic heterocycles. The molecule has 0 saturated carbocycles. The van der Waals surface area contributed by atoms with Gasteiger partial charge in [0.15, 0.2) is 0 Å². The number of benzene rings is 3. The van der Waals surface area contributed by atoms with Gasteiger partial charge in [0.1, 0.15) is 0 Å². The number of nitro benzene ring substituents is 1. The van der Waals surface area contributed by atoms with Crippen LogP contribution in [0.1, 0.15) is 15.9 Å². The summed E-state index contributed by atoms with van der Waals surface area (Å²) in [4.78, 5) is 35.3. The zero-order valence-corrected chi connectivity index (χ0v) is 19.2. The standard InChI is InChI=1S/C24H19N5O5S/c1-15-10-11-18(13-20(15)26-22(31)16-6-3-2-4-7-16)25-21(30)14-35-24-28-27-23(34-24)17-8-5-9-19(12-17)29(32)33/h2-13H,14H2,1H3,(H,25,30)(H,26,31). The van der Waals surface area contributed by atoms with Gasteiger partial charge in [-0.2, -0.15) is 0 Å². The molecular formula is C24H19N5O5S. The van der Waals surface area contributed by atoms with E-state index in [4.69, 9.17) is 4.42 Å². The normalized spacial score (nSPS) is 10.5. The first-order chi connectivity index (χ1) is 16.9. The van der Waals surface area contributed by atoms with Crippen LogP contribution < -0.4 is 10.6 Å². The summed E-state index contributed by atoms with van der Waals surface area (Å²) in [6.07, 6.45) is 0. The minimum atomic E-state index is -0.510. The van der Waals surface area contributed by atoms with E-state index in [0.717, 1.165) is 17.3 Å². The van der Waals surface area contributed by atoms with Crippen molar-refractivity contribution in [1.29, 1.82) is 0 Å². The summed E-state index contributed by atoms with van der Waals surface area (Å²) in [5, 5.41) is 24.5. The van der Waals surface area contributed by atoms with Gasteiger partial charge in [0.2, 0.25) is 11.8 Å². The van der Waals surface area contributed by atoms with E-state index in [1.807, 2.05) is 13.0 Å². The van der Waals surface area contributed by atoms with Crippen molar-refractivity contribution in [3.63, 3.8) is 0 Å². The predicted octanol–water partition coefficient (Wildman–Crippen LogP) is 4.94. The second-order valence-corrected chi connectivity index (χ2v) is 8.29. The lowest BCUT2D eigenvalue weighted by Gasteiger charge is -2.11. The summed E-state index contributed by atoms with van der Waals surface area (Å²) in [6, 6.07) is 19.9. The maximum absolute atomic E-state index is 12.5. The minimum Gasteiger partial charge on any atom is -0.411 e. The fourth-order valence-electron chi connectivity index (χ4n) is 3.08. The third-order valence-electron chi connectivity index (χ3n) is 4.84. The van der Waals surface area contributed by atoms with Gasteiger partial charge in [0.25, 0.3) is 16.8 Å². The molecule has 0 aliphatic rings. The van der Waals surface area contributed by atoms with Crippen LogP contribution in [-0.2, 0) is 4.79 Å². The van der Waals surface area contributed by atoms with Crippen LogP contribution in [0.2, 0.25) is 0 Å². The molecular weight excluding hydrogens is 470 g/mol. The molecule has 4 rings (SSSR count). The molecule has 35 heavy (non-hydrogen) atoms. The molecule has 0 bridgehead atoms. The lowest BCUT2D eigenvalue weighted by Crippen LogP contribution is -2.15. The number of carbonyl (C=O) groups excluding carboxylic acids is 2. The monoisotopic (exact) mass is 489 g/mol. The van der Waals surface area contributed by atoms with E-state index in [1.165, 1.54) is 18.2 Å². The molecule has 0 saturated heterocycles. The molecule has 11 heteroatoms.